The fourth-order valence-corrected chi connectivity index (χ4v) is 10.2. The lowest BCUT2D eigenvalue weighted by atomic mass is 9.85. The van der Waals surface area contributed by atoms with Gasteiger partial charge in [-0.05, 0) is 183 Å². The third-order valence-corrected chi connectivity index (χ3v) is 15.1. The molecule has 8 rings (SSSR count). The molecule has 0 saturated heterocycles. The van der Waals surface area contributed by atoms with Crippen molar-refractivity contribution in [3.05, 3.63) is 203 Å². The summed E-state index contributed by atoms with van der Waals surface area (Å²) in [7, 11) is 0.549. The first kappa shape index (κ1) is 85.1. The van der Waals surface area contributed by atoms with E-state index in [-0.39, 0.29) is 108 Å². The first-order valence-corrected chi connectivity index (χ1v) is 32.7. The molecule has 0 spiro atoms. The van der Waals surface area contributed by atoms with Crippen LogP contribution in [0, 0.1) is 17.5 Å². The SMILES string of the molecule is CCOC(=O)C1=C(O)C=C(C)CC1=O.CCOC(=O)C1=C(OCC)CC(C)=C(Br)C1=O.CCOC(=O)C1=C(OCC)CC(C)=C(c2ccc(F)cc2)C1=O.CCOC(=O)C1=C(OCC)CC(C)=CC1=O.CCOC1=C(C(=O)O)C(=O)C(c2ccc(F)cc2)=C(C)C1.O[B]Oc1ccc(F)cc1. The number of hydrogen-bond donors (Lipinski definition) is 3. The first-order chi connectivity index (χ1) is 47.9. The van der Waals surface area contributed by atoms with Gasteiger partial charge in [0.1, 0.15) is 79.9 Å². The van der Waals surface area contributed by atoms with Gasteiger partial charge in [-0.15, -0.1) is 0 Å². The minimum atomic E-state index is -1.31. The van der Waals surface area contributed by atoms with Gasteiger partial charge in [0.2, 0.25) is 17.3 Å². The molecule has 0 amide bonds. The van der Waals surface area contributed by atoms with Crippen LogP contribution < -0.4 is 4.65 Å². The maximum absolute atomic E-state index is 13.1. The summed E-state index contributed by atoms with van der Waals surface area (Å²) < 4.78 is 84.0. The highest BCUT2D eigenvalue weighted by Crippen LogP contribution is 2.37. The van der Waals surface area contributed by atoms with E-state index in [1.54, 1.807) is 62.3 Å². The minimum absolute atomic E-state index is 0.00572. The van der Waals surface area contributed by atoms with Gasteiger partial charge in [-0.1, -0.05) is 46.6 Å². The van der Waals surface area contributed by atoms with Crippen LogP contribution in [0.4, 0.5) is 13.2 Å². The zero-order valence-electron chi connectivity index (χ0n) is 58.5. The molecule has 101 heavy (non-hydrogen) atoms. The Balaban J connectivity index is 0.000000320. The number of allylic oxidation sites excluding steroid dienone is 10. The van der Waals surface area contributed by atoms with E-state index in [1.165, 1.54) is 84.9 Å². The van der Waals surface area contributed by atoms with Gasteiger partial charge < -0.3 is 57.8 Å². The summed E-state index contributed by atoms with van der Waals surface area (Å²) >= 11 is 3.19. The molecule has 3 N–H and O–H groups in total. The number of carboxylic acid groups (broad SMARTS) is 1. The van der Waals surface area contributed by atoms with E-state index in [0.29, 0.717) is 109 Å². The van der Waals surface area contributed by atoms with Gasteiger partial charge in [0.05, 0.1) is 57.3 Å². The van der Waals surface area contributed by atoms with Crippen molar-refractivity contribution in [3.63, 3.8) is 0 Å². The highest BCUT2D eigenvalue weighted by molar-refractivity contribution is 9.12. The van der Waals surface area contributed by atoms with Crippen LogP contribution in [-0.4, -0.2) is 135 Å². The second-order valence-electron chi connectivity index (χ2n) is 21.6. The largest absolute Gasteiger partial charge is 0.569 e. The van der Waals surface area contributed by atoms with E-state index < -0.39 is 47.2 Å². The van der Waals surface area contributed by atoms with Crippen LogP contribution in [0.2, 0.25) is 0 Å². The Morgan fingerprint density at radius 3 is 1.15 bits per heavy atom. The number of carboxylic acids is 1. The van der Waals surface area contributed by atoms with E-state index in [2.05, 4.69) is 25.3 Å². The van der Waals surface area contributed by atoms with Crippen molar-refractivity contribution in [1.82, 2.24) is 0 Å². The lowest BCUT2D eigenvalue weighted by Crippen LogP contribution is -2.24. The lowest BCUT2D eigenvalue weighted by molar-refractivity contribution is -0.141. The molecular weight excluding hydrogens is 1390 g/mol. The number of benzene rings is 3. The molecule has 5 aliphatic rings. The average Bonchev–Trinajstić information content (AvgIpc) is 0.806. The van der Waals surface area contributed by atoms with Crippen molar-refractivity contribution in [1.29, 1.82) is 0 Å². The van der Waals surface area contributed by atoms with Crippen LogP contribution in [-0.2, 0) is 85.8 Å². The Morgan fingerprint density at radius 2 is 0.772 bits per heavy atom. The molecule has 541 valence electrons. The normalized spacial score (nSPS) is 15.1. The van der Waals surface area contributed by atoms with Crippen molar-refractivity contribution < 1.29 is 119 Å². The second-order valence-corrected chi connectivity index (χ2v) is 22.4. The van der Waals surface area contributed by atoms with Gasteiger partial charge in [0.15, 0.2) is 11.6 Å². The predicted molar refractivity (Wildman–Crippen MR) is 369 cm³/mol. The number of hydrogen-bond acceptors (Lipinski definition) is 21. The zero-order valence-corrected chi connectivity index (χ0v) is 60.0. The Bertz CT molecular complexity index is 3920. The number of aliphatic carboxylic acids is 1. The van der Waals surface area contributed by atoms with Crippen molar-refractivity contribution in [3.8, 4) is 5.75 Å². The van der Waals surface area contributed by atoms with Gasteiger partial charge >= 0.3 is 37.5 Å². The molecule has 3 aromatic carbocycles. The van der Waals surface area contributed by atoms with Gasteiger partial charge in [-0.3, -0.25) is 24.0 Å². The number of ether oxygens (including phenoxy) is 8. The van der Waals surface area contributed by atoms with Gasteiger partial charge in [-0.2, -0.15) is 0 Å². The summed E-state index contributed by atoms with van der Waals surface area (Å²) in [5.74, 6) is -5.76. The van der Waals surface area contributed by atoms with Crippen LogP contribution in [0.15, 0.2) is 174 Å². The number of ketones is 5. The third-order valence-electron chi connectivity index (χ3n) is 14.1. The summed E-state index contributed by atoms with van der Waals surface area (Å²) in [6.07, 6.45) is 4.58. The smallest absolute Gasteiger partial charge is 0.537 e. The number of aliphatic hydroxyl groups is 1. The van der Waals surface area contributed by atoms with Crippen molar-refractivity contribution in [2.45, 2.75) is 122 Å². The van der Waals surface area contributed by atoms with Gasteiger partial charge in [0, 0.05) is 43.3 Å². The molecule has 0 heterocycles. The molecule has 0 unspecified atom stereocenters. The number of esters is 4. The van der Waals surface area contributed by atoms with Gasteiger partial charge in [-0.25, -0.2) is 37.1 Å². The van der Waals surface area contributed by atoms with E-state index in [1.807, 2.05) is 27.7 Å². The number of rotatable bonds is 21. The Morgan fingerprint density at radius 1 is 0.436 bits per heavy atom. The molecule has 0 fully saturated rings. The van der Waals surface area contributed by atoms with Crippen molar-refractivity contribution >= 4 is 93.5 Å². The van der Waals surface area contributed by atoms with Crippen LogP contribution >= 0.6 is 15.9 Å². The van der Waals surface area contributed by atoms with Crippen LogP contribution in [0.3, 0.4) is 0 Å². The summed E-state index contributed by atoms with van der Waals surface area (Å²) in [4.78, 5) is 118. The standard InChI is InChI=1S/C18H19FO4.C16H15FO4.C12H15BrO4.C12H16O4.C10H12O4.C6H5BFO2/c1-4-22-14-10-11(3)15(12-6-8-13(19)9-7-12)17(20)16(14)18(21)23-5-2;1-3-21-12-8-9(2)13(15(18)14(12)16(19)20)10-4-6-11(17)7-5-10;1-4-16-8-6-7(3)10(13)11(14)9(8)12(15)17-5-2;1-4-15-10-7-8(3)6-9(13)11(10)12(14)16-5-2;1-3-14-10(13)9-7(11)4-6(2)5-8(9)12;8-5-1-3-6(4-2-5)10-7-9/h6-9H,4-5,10H2,1-3H3;4-7H,3,8H2,1-2H3,(H,19,20);4-6H2,1-3H3;6H,4-5,7H2,1-3H3;4,11H,3,5H2,1-2H3;1-4,9H. The van der Waals surface area contributed by atoms with E-state index in [9.17, 15) is 71.3 Å². The number of halogens is 4. The third kappa shape index (κ3) is 24.9. The number of Topliss-reactive ketones (excluding diaryl/α,β-unsaturated/α-hetero) is 4. The molecule has 22 nitrogen and oxygen atoms in total. The Kier molecular flexibility index (Phi) is 36.0. The van der Waals surface area contributed by atoms with Crippen molar-refractivity contribution in [2.75, 3.05) is 52.9 Å². The zero-order chi connectivity index (χ0) is 75.8. The molecule has 3 aromatic rings. The van der Waals surface area contributed by atoms with Gasteiger partial charge in [0.25, 0.3) is 0 Å². The fraction of sp³-hybridized carbons (Fsp3) is 0.351. The molecule has 5 aliphatic carbocycles. The Hall–Kier alpha value is -10.1. The summed E-state index contributed by atoms with van der Waals surface area (Å²) in [6, 6.07) is 16.4. The Labute approximate surface area is 593 Å². The average molecular weight is 1470 g/mol. The number of aliphatic hydroxyl groups excluding tert-OH is 1. The minimum Gasteiger partial charge on any atom is -0.537 e. The maximum atomic E-state index is 13.1. The van der Waals surface area contributed by atoms with Crippen LogP contribution in [0.25, 0.3) is 11.1 Å². The molecule has 0 aromatic heterocycles. The molecule has 0 atom stereocenters. The summed E-state index contributed by atoms with van der Waals surface area (Å²) in [5.41, 5.74) is 5.14. The fourth-order valence-electron chi connectivity index (χ4n) is 9.86. The summed E-state index contributed by atoms with van der Waals surface area (Å²) in [6.45, 7) is 25.1. The molecule has 0 aliphatic heterocycles. The molecule has 27 heteroatoms. The lowest BCUT2D eigenvalue weighted by Gasteiger charge is -2.22. The quantitative estimate of drug-likeness (QED) is 0.0386. The second kappa shape index (κ2) is 42.7. The maximum Gasteiger partial charge on any atom is 0.569 e. The van der Waals surface area contributed by atoms with E-state index in [4.69, 9.17) is 38.2 Å². The van der Waals surface area contributed by atoms with Crippen LogP contribution in [0.5, 0.6) is 5.75 Å². The predicted octanol–water partition coefficient (Wildman–Crippen LogP) is 12.6. The first-order valence-electron chi connectivity index (χ1n) is 31.9. The summed E-state index contributed by atoms with van der Waals surface area (Å²) in [5, 5.41) is 26.8. The topological polar surface area (TPSA) is 314 Å². The van der Waals surface area contributed by atoms with E-state index >= 15 is 0 Å². The molecule has 0 bridgehead atoms. The molecule has 1 radical (unpaired) electrons. The van der Waals surface area contributed by atoms with E-state index in [0.717, 1.165) is 22.3 Å². The van der Waals surface area contributed by atoms with Crippen molar-refractivity contribution in [2.24, 2.45) is 0 Å². The monoisotopic (exact) mass is 1470 g/mol. The number of carbonyl (C=O) groups excluding carboxylic acids is 9. The van der Waals surface area contributed by atoms with Crippen LogP contribution in [0.1, 0.15) is 133 Å². The molecular formula is C74H82BBrF3O22. The highest BCUT2D eigenvalue weighted by Gasteiger charge is 2.37. The highest BCUT2D eigenvalue weighted by atomic mass is 79.9. The molecule has 0 saturated carbocycles. The number of carbonyl (C=O) groups is 10.